The van der Waals surface area contributed by atoms with Crippen molar-refractivity contribution in [2.45, 2.75) is 78.7 Å². The molecule has 0 saturated heterocycles. The number of hydrogen-bond donors (Lipinski definition) is 1. The molecule has 0 heterocycles. The maximum Gasteiger partial charge on any atom is 0.0133 e. The fourth-order valence-electron chi connectivity index (χ4n) is 2.86. The number of benzene rings is 1. The summed E-state index contributed by atoms with van der Waals surface area (Å²) >= 11 is 0. The van der Waals surface area contributed by atoms with Gasteiger partial charge in [0.2, 0.25) is 0 Å². The lowest BCUT2D eigenvalue weighted by Crippen LogP contribution is -2.37. The summed E-state index contributed by atoms with van der Waals surface area (Å²) in [5, 5.41) is 3.75. The van der Waals surface area contributed by atoms with Crippen LogP contribution in [0.4, 0.5) is 0 Å². The molecule has 1 N–H and O–H groups in total. The first-order chi connectivity index (χ1) is 9.88. The van der Waals surface area contributed by atoms with Gasteiger partial charge in [-0.15, -0.1) is 0 Å². The topological polar surface area (TPSA) is 12.0 Å². The van der Waals surface area contributed by atoms with Crippen molar-refractivity contribution in [2.24, 2.45) is 5.92 Å². The van der Waals surface area contributed by atoms with Gasteiger partial charge in [0, 0.05) is 6.04 Å². The fraction of sp³-hybridized carbons (Fsp3) is 0.700. The second kappa shape index (κ2) is 8.58. The molecular formula is C20H35N. The summed E-state index contributed by atoms with van der Waals surface area (Å²) in [5.41, 5.74) is 3.12. The standard InChI is InChI=1S/C20H35N/c1-7-9-16(3)19(21-14-8-2)15-17-10-12-18(13-11-17)20(4,5)6/h10-13,16,19,21H,7-9,14-15H2,1-6H3. The first-order valence-corrected chi connectivity index (χ1v) is 8.71. The molecule has 1 aromatic rings. The van der Waals surface area contributed by atoms with Crippen LogP contribution in [0.2, 0.25) is 0 Å². The second-order valence-corrected chi connectivity index (χ2v) is 7.48. The van der Waals surface area contributed by atoms with Gasteiger partial charge in [-0.1, -0.05) is 72.2 Å². The molecular weight excluding hydrogens is 254 g/mol. The Morgan fingerprint density at radius 2 is 1.62 bits per heavy atom. The van der Waals surface area contributed by atoms with Gasteiger partial charge in [0.1, 0.15) is 0 Å². The van der Waals surface area contributed by atoms with Crippen LogP contribution in [0.1, 0.15) is 71.9 Å². The highest BCUT2D eigenvalue weighted by Gasteiger charge is 2.17. The summed E-state index contributed by atoms with van der Waals surface area (Å²) < 4.78 is 0. The van der Waals surface area contributed by atoms with Gasteiger partial charge in [-0.3, -0.25) is 0 Å². The van der Waals surface area contributed by atoms with Crippen LogP contribution < -0.4 is 5.32 Å². The monoisotopic (exact) mass is 289 g/mol. The lowest BCUT2D eigenvalue weighted by Gasteiger charge is -2.26. The van der Waals surface area contributed by atoms with Crippen molar-refractivity contribution < 1.29 is 0 Å². The zero-order valence-electron chi connectivity index (χ0n) is 15.0. The van der Waals surface area contributed by atoms with E-state index in [-0.39, 0.29) is 5.41 Å². The third-order valence-corrected chi connectivity index (χ3v) is 4.36. The van der Waals surface area contributed by atoms with Gasteiger partial charge < -0.3 is 5.32 Å². The molecule has 120 valence electrons. The molecule has 0 spiro atoms. The molecule has 0 saturated carbocycles. The van der Waals surface area contributed by atoms with Crippen LogP contribution in [0, 0.1) is 5.92 Å². The van der Waals surface area contributed by atoms with Crippen molar-refractivity contribution in [2.75, 3.05) is 6.54 Å². The summed E-state index contributed by atoms with van der Waals surface area (Å²) in [6.07, 6.45) is 4.93. The SMILES string of the molecule is CCCNC(Cc1ccc(C(C)(C)C)cc1)C(C)CCC. The third kappa shape index (κ3) is 6.22. The van der Waals surface area contributed by atoms with Crippen molar-refractivity contribution in [3.63, 3.8) is 0 Å². The minimum atomic E-state index is 0.244. The molecule has 0 aromatic heterocycles. The average molecular weight is 290 g/mol. The Morgan fingerprint density at radius 3 is 2.10 bits per heavy atom. The van der Waals surface area contributed by atoms with Crippen LogP contribution in [-0.4, -0.2) is 12.6 Å². The van der Waals surface area contributed by atoms with E-state index in [9.17, 15) is 0 Å². The predicted octanol–water partition coefficient (Wildman–Crippen LogP) is 5.33. The number of nitrogens with one attached hydrogen (secondary N) is 1. The quantitative estimate of drug-likeness (QED) is 0.682. The smallest absolute Gasteiger partial charge is 0.0133 e. The molecule has 0 bridgehead atoms. The van der Waals surface area contributed by atoms with Gasteiger partial charge in [0.05, 0.1) is 0 Å². The molecule has 0 amide bonds. The highest BCUT2D eigenvalue weighted by Crippen LogP contribution is 2.23. The maximum absolute atomic E-state index is 3.75. The van der Waals surface area contributed by atoms with E-state index in [1.54, 1.807) is 0 Å². The van der Waals surface area contributed by atoms with Crippen LogP contribution in [0.15, 0.2) is 24.3 Å². The Bertz CT molecular complexity index is 385. The summed E-state index contributed by atoms with van der Waals surface area (Å²) in [5.74, 6) is 0.740. The number of rotatable bonds is 8. The van der Waals surface area contributed by atoms with Crippen molar-refractivity contribution in [1.29, 1.82) is 0 Å². The highest BCUT2D eigenvalue weighted by molar-refractivity contribution is 5.28. The van der Waals surface area contributed by atoms with Crippen LogP contribution in [0.5, 0.6) is 0 Å². The average Bonchev–Trinajstić information content (AvgIpc) is 2.43. The minimum Gasteiger partial charge on any atom is -0.313 e. The predicted molar refractivity (Wildman–Crippen MR) is 95.0 cm³/mol. The number of hydrogen-bond acceptors (Lipinski definition) is 1. The van der Waals surface area contributed by atoms with Crippen LogP contribution >= 0.6 is 0 Å². The molecule has 0 aliphatic carbocycles. The molecule has 1 nitrogen and oxygen atoms in total. The molecule has 2 atom stereocenters. The van der Waals surface area contributed by atoms with Gasteiger partial charge in [-0.05, 0) is 48.3 Å². The van der Waals surface area contributed by atoms with E-state index >= 15 is 0 Å². The van der Waals surface area contributed by atoms with Crippen LogP contribution in [-0.2, 0) is 11.8 Å². The van der Waals surface area contributed by atoms with E-state index < -0.39 is 0 Å². The molecule has 1 aromatic carbocycles. The zero-order chi connectivity index (χ0) is 15.9. The lowest BCUT2D eigenvalue weighted by molar-refractivity contribution is 0.352. The molecule has 21 heavy (non-hydrogen) atoms. The van der Waals surface area contributed by atoms with Gasteiger partial charge in [0.15, 0.2) is 0 Å². The van der Waals surface area contributed by atoms with E-state index in [2.05, 4.69) is 71.1 Å². The first kappa shape index (κ1) is 18.2. The van der Waals surface area contributed by atoms with E-state index in [4.69, 9.17) is 0 Å². The van der Waals surface area contributed by atoms with Crippen LogP contribution in [0.3, 0.4) is 0 Å². The normalized spacial score (nSPS) is 15.0. The third-order valence-electron chi connectivity index (χ3n) is 4.36. The van der Waals surface area contributed by atoms with Crippen molar-refractivity contribution in [3.8, 4) is 0 Å². The van der Waals surface area contributed by atoms with Crippen molar-refractivity contribution in [3.05, 3.63) is 35.4 Å². The van der Waals surface area contributed by atoms with Crippen LogP contribution in [0.25, 0.3) is 0 Å². The molecule has 0 radical (unpaired) electrons. The largest absolute Gasteiger partial charge is 0.313 e. The lowest BCUT2D eigenvalue weighted by atomic mass is 9.85. The molecule has 1 heteroatoms. The Morgan fingerprint density at radius 1 is 1.00 bits per heavy atom. The van der Waals surface area contributed by atoms with E-state index in [1.807, 2.05) is 0 Å². The molecule has 0 aliphatic rings. The summed E-state index contributed by atoms with van der Waals surface area (Å²) in [6.45, 7) is 14.9. The Kier molecular flexibility index (Phi) is 7.45. The maximum atomic E-state index is 3.75. The van der Waals surface area contributed by atoms with Crippen molar-refractivity contribution >= 4 is 0 Å². The van der Waals surface area contributed by atoms with E-state index in [0.717, 1.165) is 18.9 Å². The Labute approximate surface area is 132 Å². The fourth-order valence-corrected chi connectivity index (χ4v) is 2.86. The highest BCUT2D eigenvalue weighted by atomic mass is 14.9. The van der Waals surface area contributed by atoms with Gasteiger partial charge in [-0.25, -0.2) is 0 Å². The summed E-state index contributed by atoms with van der Waals surface area (Å²) in [6, 6.07) is 9.85. The Hall–Kier alpha value is -0.820. The van der Waals surface area contributed by atoms with Crippen molar-refractivity contribution in [1.82, 2.24) is 5.32 Å². The minimum absolute atomic E-state index is 0.244. The van der Waals surface area contributed by atoms with Gasteiger partial charge in [-0.2, -0.15) is 0 Å². The zero-order valence-corrected chi connectivity index (χ0v) is 15.0. The molecule has 2 unspecified atom stereocenters. The van der Waals surface area contributed by atoms with Gasteiger partial charge >= 0.3 is 0 Å². The second-order valence-electron chi connectivity index (χ2n) is 7.48. The summed E-state index contributed by atoms with van der Waals surface area (Å²) in [4.78, 5) is 0. The molecule has 1 rings (SSSR count). The Balaban J connectivity index is 2.73. The summed E-state index contributed by atoms with van der Waals surface area (Å²) in [7, 11) is 0. The molecule has 0 aliphatic heterocycles. The van der Waals surface area contributed by atoms with E-state index in [0.29, 0.717) is 6.04 Å². The molecule has 0 fully saturated rings. The first-order valence-electron chi connectivity index (χ1n) is 8.71. The van der Waals surface area contributed by atoms with E-state index in [1.165, 1.54) is 30.4 Å². The van der Waals surface area contributed by atoms with Gasteiger partial charge in [0.25, 0.3) is 0 Å².